The molecule has 0 aliphatic carbocycles. The lowest BCUT2D eigenvalue weighted by Crippen LogP contribution is -2.31. The van der Waals surface area contributed by atoms with Crippen LogP contribution in [0.3, 0.4) is 0 Å². The minimum Gasteiger partial charge on any atom is -0.396 e. The van der Waals surface area contributed by atoms with E-state index in [4.69, 9.17) is 0 Å². The Hall–Kier alpha value is -1.87. The van der Waals surface area contributed by atoms with E-state index in [2.05, 4.69) is 44.3 Å². The summed E-state index contributed by atoms with van der Waals surface area (Å²) in [4.78, 5) is 0. The quantitative estimate of drug-likeness (QED) is 0.698. The Labute approximate surface area is 156 Å². The Morgan fingerprint density at radius 2 is 1.88 bits per heavy atom. The first-order chi connectivity index (χ1) is 12.5. The smallest absolute Gasteiger partial charge is 0.123 e. The molecule has 4 atom stereocenters. The van der Waals surface area contributed by atoms with Crippen LogP contribution < -0.4 is 5.32 Å². The lowest BCUT2D eigenvalue weighted by molar-refractivity contribution is 0.213. The molecular formula is C23H30FNO. The van der Waals surface area contributed by atoms with Crippen molar-refractivity contribution in [1.29, 1.82) is 0 Å². The van der Waals surface area contributed by atoms with Crippen molar-refractivity contribution in [3.05, 3.63) is 65.0 Å². The first-order valence-corrected chi connectivity index (χ1v) is 9.79. The molecule has 0 saturated carbocycles. The summed E-state index contributed by atoms with van der Waals surface area (Å²) in [6, 6.07) is 13.8. The van der Waals surface area contributed by atoms with Crippen molar-refractivity contribution >= 4 is 5.69 Å². The Balaban J connectivity index is 1.95. The van der Waals surface area contributed by atoms with E-state index in [1.54, 1.807) is 12.1 Å². The third kappa shape index (κ3) is 3.93. The zero-order valence-electron chi connectivity index (χ0n) is 16.0. The predicted molar refractivity (Wildman–Crippen MR) is 106 cm³/mol. The van der Waals surface area contributed by atoms with E-state index in [1.165, 1.54) is 16.8 Å². The second-order valence-corrected chi connectivity index (χ2v) is 7.77. The van der Waals surface area contributed by atoms with Crippen LogP contribution in [-0.4, -0.2) is 11.7 Å². The molecule has 0 amide bonds. The summed E-state index contributed by atoms with van der Waals surface area (Å²) in [6.07, 6.45) is 3.06. The number of nitrogens with one attached hydrogen (secondary N) is 1. The number of aliphatic hydroxyl groups is 1. The standard InChI is InChI=1S/C23H30FNO/c1-4-17-6-12-22-21(13-17)16(3)20(11-5-15(2)14-26)23(25-22)18-7-9-19(24)10-8-18/h6-10,12-13,15-16,20,23,25-26H,4-5,11,14H2,1-3H3/t15-,16-,20+,23+/m0/s1. The number of rotatable bonds is 6. The number of anilines is 1. The molecule has 3 heteroatoms. The number of hydrogen-bond donors (Lipinski definition) is 2. The molecule has 1 aliphatic heterocycles. The van der Waals surface area contributed by atoms with E-state index in [9.17, 15) is 9.50 Å². The van der Waals surface area contributed by atoms with Crippen molar-refractivity contribution in [3.8, 4) is 0 Å². The molecule has 0 aromatic heterocycles. The summed E-state index contributed by atoms with van der Waals surface area (Å²) in [6.45, 7) is 6.82. The maximum absolute atomic E-state index is 13.4. The van der Waals surface area contributed by atoms with Gasteiger partial charge < -0.3 is 10.4 Å². The molecule has 0 saturated heterocycles. The summed E-state index contributed by atoms with van der Waals surface area (Å²) in [5.74, 6) is 0.934. The summed E-state index contributed by atoms with van der Waals surface area (Å²) in [7, 11) is 0. The molecular weight excluding hydrogens is 325 g/mol. The fourth-order valence-corrected chi connectivity index (χ4v) is 4.12. The van der Waals surface area contributed by atoms with Gasteiger partial charge in [0, 0.05) is 12.3 Å². The maximum Gasteiger partial charge on any atom is 0.123 e. The molecule has 0 bridgehead atoms. The average molecular weight is 355 g/mol. The van der Waals surface area contributed by atoms with Gasteiger partial charge in [-0.3, -0.25) is 0 Å². The van der Waals surface area contributed by atoms with Gasteiger partial charge in [-0.25, -0.2) is 4.39 Å². The third-order valence-corrected chi connectivity index (χ3v) is 5.93. The van der Waals surface area contributed by atoms with Gasteiger partial charge in [0.25, 0.3) is 0 Å². The average Bonchev–Trinajstić information content (AvgIpc) is 2.67. The summed E-state index contributed by atoms with van der Waals surface area (Å²) < 4.78 is 13.4. The zero-order valence-corrected chi connectivity index (χ0v) is 16.0. The molecule has 2 nitrogen and oxygen atoms in total. The molecule has 0 spiro atoms. The number of aryl methyl sites for hydroxylation is 1. The Kier molecular flexibility index (Phi) is 5.98. The normalized spacial score (nSPS) is 23.2. The monoisotopic (exact) mass is 355 g/mol. The van der Waals surface area contributed by atoms with Crippen LogP contribution in [-0.2, 0) is 6.42 Å². The van der Waals surface area contributed by atoms with Gasteiger partial charge in [0.1, 0.15) is 5.82 Å². The molecule has 0 unspecified atom stereocenters. The Morgan fingerprint density at radius 1 is 1.15 bits per heavy atom. The summed E-state index contributed by atoms with van der Waals surface area (Å²) in [5.41, 5.74) is 5.06. The van der Waals surface area contributed by atoms with Crippen molar-refractivity contribution in [2.45, 2.75) is 52.0 Å². The number of benzene rings is 2. The van der Waals surface area contributed by atoms with Crippen LogP contribution in [0, 0.1) is 17.7 Å². The second-order valence-electron chi connectivity index (χ2n) is 7.77. The van der Waals surface area contributed by atoms with Crippen LogP contribution in [0.1, 0.15) is 62.3 Å². The van der Waals surface area contributed by atoms with E-state index in [0.717, 1.165) is 24.8 Å². The van der Waals surface area contributed by atoms with Crippen LogP contribution in [0.4, 0.5) is 10.1 Å². The van der Waals surface area contributed by atoms with Gasteiger partial charge >= 0.3 is 0 Å². The lowest BCUT2D eigenvalue weighted by atomic mass is 9.73. The highest BCUT2D eigenvalue weighted by Crippen LogP contribution is 2.47. The minimum absolute atomic E-state index is 0.163. The molecule has 2 aromatic rings. The summed E-state index contributed by atoms with van der Waals surface area (Å²) in [5, 5.41) is 13.1. The largest absolute Gasteiger partial charge is 0.396 e. The molecule has 3 rings (SSSR count). The van der Waals surface area contributed by atoms with Crippen LogP contribution in [0.15, 0.2) is 42.5 Å². The fraction of sp³-hybridized carbons (Fsp3) is 0.478. The first kappa shape index (κ1) is 18.9. The second kappa shape index (κ2) is 8.22. The fourth-order valence-electron chi connectivity index (χ4n) is 4.12. The highest BCUT2D eigenvalue weighted by molar-refractivity contribution is 5.58. The van der Waals surface area contributed by atoms with E-state index in [0.29, 0.717) is 17.8 Å². The van der Waals surface area contributed by atoms with E-state index >= 15 is 0 Å². The van der Waals surface area contributed by atoms with Crippen molar-refractivity contribution < 1.29 is 9.50 Å². The zero-order chi connectivity index (χ0) is 18.7. The Bertz CT molecular complexity index is 727. The van der Waals surface area contributed by atoms with Gasteiger partial charge in [-0.2, -0.15) is 0 Å². The number of halogens is 1. The van der Waals surface area contributed by atoms with E-state index in [-0.39, 0.29) is 18.5 Å². The predicted octanol–water partition coefficient (Wildman–Crippen LogP) is 5.68. The van der Waals surface area contributed by atoms with E-state index in [1.807, 2.05) is 12.1 Å². The Morgan fingerprint density at radius 3 is 2.54 bits per heavy atom. The van der Waals surface area contributed by atoms with Crippen molar-refractivity contribution in [2.75, 3.05) is 11.9 Å². The van der Waals surface area contributed by atoms with Crippen LogP contribution in [0.5, 0.6) is 0 Å². The van der Waals surface area contributed by atoms with E-state index < -0.39 is 0 Å². The molecule has 1 aliphatic rings. The first-order valence-electron chi connectivity index (χ1n) is 9.79. The van der Waals surface area contributed by atoms with Crippen LogP contribution >= 0.6 is 0 Å². The third-order valence-electron chi connectivity index (χ3n) is 5.93. The van der Waals surface area contributed by atoms with Gasteiger partial charge in [0.15, 0.2) is 0 Å². The van der Waals surface area contributed by atoms with Gasteiger partial charge in [-0.05, 0) is 71.9 Å². The van der Waals surface area contributed by atoms with Gasteiger partial charge in [-0.1, -0.05) is 45.0 Å². The minimum atomic E-state index is -0.198. The van der Waals surface area contributed by atoms with Crippen molar-refractivity contribution in [1.82, 2.24) is 0 Å². The molecule has 2 aromatic carbocycles. The lowest BCUT2D eigenvalue weighted by Gasteiger charge is -2.40. The highest BCUT2D eigenvalue weighted by atomic mass is 19.1. The maximum atomic E-state index is 13.4. The van der Waals surface area contributed by atoms with Gasteiger partial charge in [0.05, 0.1) is 6.04 Å². The number of aliphatic hydroxyl groups excluding tert-OH is 1. The topological polar surface area (TPSA) is 32.3 Å². The van der Waals surface area contributed by atoms with Crippen LogP contribution in [0.25, 0.3) is 0 Å². The molecule has 26 heavy (non-hydrogen) atoms. The van der Waals surface area contributed by atoms with Gasteiger partial charge in [0.2, 0.25) is 0 Å². The van der Waals surface area contributed by atoms with Crippen LogP contribution in [0.2, 0.25) is 0 Å². The summed E-state index contributed by atoms with van der Waals surface area (Å²) >= 11 is 0. The highest BCUT2D eigenvalue weighted by Gasteiger charge is 2.34. The molecule has 0 fully saturated rings. The van der Waals surface area contributed by atoms with Crippen molar-refractivity contribution in [3.63, 3.8) is 0 Å². The molecule has 0 radical (unpaired) electrons. The van der Waals surface area contributed by atoms with Crippen molar-refractivity contribution in [2.24, 2.45) is 11.8 Å². The molecule has 1 heterocycles. The molecule has 140 valence electrons. The molecule has 2 N–H and O–H groups in total. The van der Waals surface area contributed by atoms with Gasteiger partial charge in [-0.15, -0.1) is 0 Å². The number of fused-ring (bicyclic) bond motifs is 1. The SMILES string of the molecule is CCc1ccc2c(c1)[C@@H](C)[C@@H](CC[C@H](C)CO)[C@@H](c1ccc(F)cc1)N2. The number of hydrogen-bond acceptors (Lipinski definition) is 2.